The molecule has 1 fully saturated rings. The topological polar surface area (TPSA) is 44.8 Å². The summed E-state index contributed by atoms with van der Waals surface area (Å²) in [7, 11) is 1.65. The Hall–Kier alpha value is -2.37. The first-order valence-electron chi connectivity index (χ1n) is 9.57. The van der Waals surface area contributed by atoms with Gasteiger partial charge < -0.3 is 10.1 Å². The van der Waals surface area contributed by atoms with Gasteiger partial charge in [-0.25, -0.2) is 0 Å². The summed E-state index contributed by atoms with van der Waals surface area (Å²) < 4.78 is 5.35. The zero-order valence-corrected chi connectivity index (χ0v) is 16.2. The van der Waals surface area contributed by atoms with Crippen LogP contribution in [0.15, 0.2) is 54.6 Å². The molecule has 0 aromatic heterocycles. The summed E-state index contributed by atoms with van der Waals surface area (Å²) in [5, 5.41) is 3.05. The number of hydrogen-bond donors (Lipinski definition) is 1. The summed E-state index contributed by atoms with van der Waals surface area (Å²) >= 11 is 0. The molecule has 5 nitrogen and oxygen atoms in total. The number of benzene rings is 2. The van der Waals surface area contributed by atoms with Gasteiger partial charge in [0.15, 0.2) is 0 Å². The molecule has 1 saturated heterocycles. The lowest BCUT2D eigenvalue weighted by molar-refractivity contribution is -0.126. The number of amides is 1. The van der Waals surface area contributed by atoms with Crippen molar-refractivity contribution in [3.8, 4) is 5.75 Å². The third-order valence-electron chi connectivity index (χ3n) is 5.23. The van der Waals surface area contributed by atoms with Crippen molar-refractivity contribution in [3.63, 3.8) is 0 Å². The van der Waals surface area contributed by atoms with E-state index in [9.17, 15) is 4.79 Å². The molecule has 1 aliphatic rings. The quantitative estimate of drug-likeness (QED) is 0.817. The zero-order valence-electron chi connectivity index (χ0n) is 16.2. The molecule has 1 aliphatic heterocycles. The van der Waals surface area contributed by atoms with Gasteiger partial charge in [-0.3, -0.25) is 14.6 Å². The van der Waals surface area contributed by atoms with Crippen LogP contribution in [0, 0.1) is 0 Å². The van der Waals surface area contributed by atoms with Gasteiger partial charge in [0.05, 0.1) is 13.2 Å². The average molecular weight is 367 g/mol. The van der Waals surface area contributed by atoms with E-state index in [1.807, 2.05) is 37.3 Å². The fourth-order valence-electron chi connectivity index (χ4n) is 3.50. The molecule has 3 rings (SSSR count). The molecule has 2 aromatic carbocycles. The molecule has 27 heavy (non-hydrogen) atoms. The van der Waals surface area contributed by atoms with E-state index in [1.165, 1.54) is 5.56 Å². The number of para-hydroxylation sites is 1. The Kier molecular flexibility index (Phi) is 6.85. The van der Waals surface area contributed by atoms with Gasteiger partial charge in [0.25, 0.3) is 0 Å². The fourth-order valence-corrected chi connectivity index (χ4v) is 3.50. The summed E-state index contributed by atoms with van der Waals surface area (Å²) in [5.74, 6) is 0.873. The number of rotatable bonds is 7. The molecule has 0 radical (unpaired) electrons. The van der Waals surface area contributed by atoms with Crippen LogP contribution in [0.25, 0.3) is 0 Å². The number of piperazine rings is 1. The predicted octanol–water partition coefficient (Wildman–Crippen LogP) is 2.52. The molecule has 0 aliphatic carbocycles. The Morgan fingerprint density at radius 1 is 1.04 bits per heavy atom. The minimum absolute atomic E-state index is 0.0671. The lowest BCUT2D eigenvalue weighted by atomic mass is 10.1. The van der Waals surface area contributed by atoms with Crippen LogP contribution in [0.2, 0.25) is 0 Å². The Balaban J connectivity index is 1.45. The van der Waals surface area contributed by atoms with Crippen molar-refractivity contribution < 1.29 is 9.53 Å². The molecule has 1 atom stereocenters. The maximum atomic E-state index is 12.6. The van der Waals surface area contributed by atoms with Gasteiger partial charge in [-0.05, 0) is 18.6 Å². The molecule has 0 unspecified atom stereocenters. The summed E-state index contributed by atoms with van der Waals surface area (Å²) in [5.41, 5.74) is 2.33. The molecule has 1 heterocycles. The van der Waals surface area contributed by atoms with Crippen molar-refractivity contribution in [2.24, 2.45) is 0 Å². The second-order valence-electron chi connectivity index (χ2n) is 7.00. The molecular formula is C22H29N3O2. The van der Waals surface area contributed by atoms with Gasteiger partial charge in [-0.1, -0.05) is 48.5 Å². The molecule has 0 bridgehead atoms. The van der Waals surface area contributed by atoms with E-state index in [0.29, 0.717) is 6.54 Å². The second kappa shape index (κ2) is 9.53. The van der Waals surface area contributed by atoms with Crippen LogP contribution in [-0.2, 0) is 17.9 Å². The van der Waals surface area contributed by atoms with E-state index >= 15 is 0 Å². The minimum atomic E-state index is -0.126. The highest BCUT2D eigenvalue weighted by Crippen LogP contribution is 2.17. The molecule has 1 amide bonds. The van der Waals surface area contributed by atoms with Crippen molar-refractivity contribution in [3.05, 3.63) is 65.7 Å². The van der Waals surface area contributed by atoms with Gasteiger partial charge in [-0.2, -0.15) is 0 Å². The van der Waals surface area contributed by atoms with Gasteiger partial charge in [0, 0.05) is 44.8 Å². The first-order valence-corrected chi connectivity index (χ1v) is 9.57. The Morgan fingerprint density at radius 2 is 1.70 bits per heavy atom. The third-order valence-corrected chi connectivity index (χ3v) is 5.23. The number of ether oxygens (including phenoxy) is 1. The number of nitrogens with zero attached hydrogens (tertiary/aromatic N) is 2. The van der Waals surface area contributed by atoms with E-state index in [2.05, 4.69) is 39.4 Å². The van der Waals surface area contributed by atoms with Crippen LogP contribution >= 0.6 is 0 Å². The van der Waals surface area contributed by atoms with E-state index in [4.69, 9.17) is 4.74 Å². The molecule has 144 valence electrons. The van der Waals surface area contributed by atoms with Crippen molar-refractivity contribution in [1.82, 2.24) is 15.1 Å². The maximum absolute atomic E-state index is 12.6. The van der Waals surface area contributed by atoms with E-state index in [-0.39, 0.29) is 11.9 Å². The highest BCUT2D eigenvalue weighted by molar-refractivity contribution is 5.81. The molecule has 0 spiro atoms. The second-order valence-corrected chi connectivity index (χ2v) is 7.00. The summed E-state index contributed by atoms with van der Waals surface area (Å²) in [6, 6.07) is 18.2. The Labute approximate surface area is 161 Å². The van der Waals surface area contributed by atoms with Gasteiger partial charge >= 0.3 is 0 Å². The first kappa shape index (κ1) is 19.4. The Bertz CT molecular complexity index is 727. The normalized spacial score (nSPS) is 16.7. The number of carbonyl (C=O) groups excluding carboxylic acids is 1. The monoisotopic (exact) mass is 367 g/mol. The average Bonchev–Trinajstić information content (AvgIpc) is 2.73. The number of hydrogen-bond acceptors (Lipinski definition) is 4. The number of carbonyl (C=O) groups is 1. The fraction of sp³-hybridized carbons (Fsp3) is 0.409. The van der Waals surface area contributed by atoms with E-state index in [1.54, 1.807) is 7.11 Å². The molecule has 2 aromatic rings. The third kappa shape index (κ3) is 5.31. The maximum Gasteiger partial charge on any atom is 0.237 e. The van der Waals surface area contributed by atoms with Crippen molar-refractivity contribution in [2.45, 2.75) is 26.1 Å². The van der Waals surface area contributed by atoms with Crippen LogP contribution in [-0.4, -0.2) is 55.0 Å². The first-order chi connectivity index (χ1) is 13.2. The zero-order chi connectivity index (χ0) is 19.1. The highest BCUT2D eigenvalue weighted by Gasteiger charge is 2.25. The molecule has 1 N–H and O–H groups in total. The lowest BCUT2D eigenvalue weighted by Gasteiger charge is -2.37. The molecule has 0 saturated carbocycles. The van der Waals surface area contributed by atoms with Gasteiger partial charge in [0.1, 0.15) is 5.75 Å². The van der Waals surface area contributed by atoms with Crippen molar-refractivity contribution >= 4 is 5.91 Å². The van der Waals surface area contributed by atoms with Gasteiger partial charge in [-0.15, -0.1) is 0 Å². The smallest absolute Gasteiger partial charge is 0.237 e. The van der Waals surface area contributed by atoms with Crippen LogP contribution < -0.4 is 10.1 Å². The van der Waals surface area contributed by atoms with Crippen molar-refractivity contribution in [2.75, 3.05) is 33.3 Å². The standard InChI is InChI=1S/C22H29N3O2/c1-18(22(26)23-16-20-10-6-7-11-21(20)27-2)25-14-12-24(13-15-25)17-19-8-4-3-5-9-19/h3-11,18H,12-17H2,1-2H3,(H,23,26)/t18-/m1/s1. The predicted molar refractivity (Wildman–Crippen MR) is 108 cm³/mol. The largest absolute Gasteiger partial charge is 0.496 e. The minimum Gasteiger partial charge on any atom is -0.496 e. The molecular weight excluding hydrogens is 338 g/mol. The Morgan fingerprint density at radius 3 is 2.41 bits per heavy atom. The number of methoxy groups -OCH3 is 1. The summed E-state index contributed by atoms with van der Waals surface area (Å²) in [4.78, 5) is 17.3. The van der Waals surface area contributed by atoms with Crippen molar-refractivity contribution in [1.29, 1.82) is 0 Å². The van der Waals surface area contributed by atoms with Crippen LogP contribution in [0.1, 0.15) is 18.1 Å². The van der Waals surface area contributed by atoms with E-state index < -0.39 is 0 Å². The lowest BCUT2D eigenvalue weighted by Crippen LogP contribution is -2.53. The van der Waals surface area contributed by atoms with E-state index in [0.717, 1.165) is 44.0 Å². The SMILES string of the molecule is COc1ccccc1CNC(=O)[C@@H](C)N1CCN(Cc2ccccc2)CC1. The van der Waals surface area contributed by atoms with Crippen LogP contribution in [0.4, 0.5) is 0 Å². The summed E-state index contributed by atoms with van der Waals surface area (Å²) in [6.07, 6.45) is 0. The van der Waals surface area contributed by atoms with Crippen LogP contribution in [0.3, 0.4) is 0 Å². The summed E-state index contributed by atoms with van der Waals surface area (Å²) in [6.45, 7) is 7.25. The number of nitrogens with one attached hydrogen (secondary N) is 1. The highest BCUT2D eigenvalue weighted by atomic mass is 16.5. The van der Waals surface area contributed by atoms with Gasteiger partial charge in [0.2, 0.25) is 5.91 Å². The van der Waals surface area contributed by atoms with Crippen LogP contribution in [0.5, 0.6) is 5.75 Å². The molecule has 5 heteroatoms.